The Bertz CT molecular complexity index is 636. The summed E-state index contributed by atoms with van der Waals surface area (Å²) in [6.45, 7) is 15.7. The maximum absolute atomic E-state index is 3.99. The van der Waals surface area contributed by atoms with Gasteiger partial charge in [0.05, 0.1) is 0 Å². The summed E-state index contributed by atoms with van der Waals surface area (Å²) < 4.78 is 0. The minimum atomic E-state index is 0.501. The molecule has 0 aliphatic heterocycles. The second-order valence-electron chi connectivity index (χ2n) is 7.40. The number of benzene rings is 1. The van der Waals surface area contributed by atoms with Gasteiger partial charge in [-0.1, -0.05) is 87.6 Å². The molecule has 1 aromatic carbocycles. The summed E-state index contributed by atoms with van der Waals surface area (Å²) in [6.07, 6.45) is 16.5. The molecular weight excluding hydrogens is 326 g/mol. The average molecular weight is 366 g/mol. The van der Waals surface area contributed by atoms with Gasteiger partial charge in [-0.2, -0.15) is 0 Å². The summed E-state index contributed by atoms with van der Waals surface area (Å²) >= 11 is 0. The van der Waals surface area contributed by atoms with Crippen LogP contribution in [-0.2, 0) is 6.42 Å². The normalized spacial score (nSPS) is 14.3. The van der Waals surface area contributed by atoms with E-state index in [2.05, 4.69) is 75.7 Å². The van der Waals surface area contributed by atoms with E-state index in [0.29, 0.717) is 11.8 Å². The molecule has 27 heavy (non-hydrogen) atoms. The van der Waals surface area contributed by atoms with Gasteiger partial charge in [0.1, 0.15) is 0 Å². The third kappa shape index (κ3) is 7.72. The van der Waals surface area contributed by atoms with Gasteiger partial charge in [-0.05, 0) is 68.8 Å². The highest BCUT2D eigenvalue weighted by molar-refractivity contribution is 5.54. The number of hydrogen-bond acceptors (Lipinski definition) is 1. The molecule has 0 fully saturated rings. The van der Waals surface area contributed by atoms with Gasteiger partial charge in [0.25, 0.3) is 0 Å². The van der Waals surface area contributed by atoms with Gasteiger partial charge in [-0.15, -0.1) is 0 Å². The smallest absolute Gasteiger partial charge is 0.000540 e. The molecule has 0 aromatic heterocycles. The lowest BCUT2D eigenvalue weighted by Gasteiger charge is -2.24. The Morgan fingerprint density at radius 3 is 2.67 bits per heavy atom. The van der Waals surface area contributed by atoms with E-state index in [-0.39, 0.29) is 0 Å². The molecule has 1 rings (SSSR count). The zero-order valence-electron chi connectivity index (χ0n) is 17.9. The van der Waals surface area contributed by atoms with Crippen molar-refractivity contribution in [2.45, 2.75) is 52.9 Å². The minimum absolute atomic E-state index is 0.501. The maximum Gasteiger partial charge on any atom is 0.000540 e. The van der Waals surface area contributed by atoms with E-state index < -0.39 is 0 Å². The summed E-state index contributed by atoms with van der Waals surface area (Å²) in [5, 5.41) is 3.26. The third-order valence-electron chi connectivity index (χ3n) is 5.50. The molecule has 2 atom stereocenters. The van der Waals surface area contributed by atoms with Crippen LogP contribution in [-0.4, -0.2) is 13.6 Å². The molecule has 0 heterocycles. The van der Waals surface area contributed by atoms with Gasteiger partial charge in [0, 0.05) is 5.92 Å². The molecule has 0 saturated carbocycles. The quantitative estimate of drug-likeness (QED) is 0.228. The Balaban J connectivity index is 2.94. The summed E-state index contributed by atoms with van der Waals surface area (Å²) in [4.78, 5) is 0. The topological polar surface area (TPSA) is 12.0 Å². The summed E-state index contributed by atoms with van der Waals surface area (Å²) in [7, 11) is 2.02. The zero-order valence-corrected chi connectivity index (χ0v) is 17.9. The molecular formula is C26H39N. The Labute approximate surface area is 168 Å². The largest absolute Gasteiger partial charge is 0.319 e. The molecule has 1 aromatic rings. The van der Waals surface area contributed by atoms with Crippen molar-refractivity contribution >= 4 is 6.08 Å². The SMILES string of the molecule is C=CC=CC(/C(=C\CCNC)CCCc1c(C)cccc1C=C)C(C)CC. The van der Waals surface area contributed by atoms with Crippen molar-refractivity contribution in [2.75, 3.05) is 13.6 Å². The van der Waals surface area contributed by atoms with Crippen molar-refractivity contribution in [3.8, 4) is 0 Å². The third-order valence-corrected chi connectivity index (χ3v) is 5.50. The molecule has 0 aliphatic rings. The zero-order chi connectivity index (χ0) is 20.1. The van der Waals surface area contributed by atoms with Gasteiger partial charge in [-0.25, -0.2) is 0 Å². The Kier molecular flexibility index (Phi) is 11.4. The maximum atomic E-state index is 3.99. The van der Waals surface area contributed by atoms with Crippen molar-refractivity contribution in [1.82, 2.24) is 5.32 Å². The fourth-order valence-corrected chi connectivity index (χ4v) is 3.66. The highest BCUT2D eigenvalue weighted by Crippen LogP contribution is 2.30. The second-order valence-corrected chi connectivity index (χ2v) is 7.40. The number of rotatable bonds is 13. The van der Waals surface area contributed by atoms with Crippen LogP contribution in [0.25, 0.3) is 6.08 Å². The fourth-order valence-electron chi connectivity index (χ4n) is 3.66. The average Bonchev–Trinajstić information content (AvgIpc) is 2.68. The van der Waals surface area contributed by atoms with E-state index >= 15 is 0 Å². The van der Waals surface area contributed by atoms with Crippen molar-refractivity contribution in [3.05, 3.63) is 77.9 Å². The molecule has 1 N–H and O–H groups in total. The first kappa shape index (κ1) is 23.2. The first-order valence-electron chi connectivity index (χ1n) is 10.4. The lowest BCUT2D eigenvalue weighted by atomic mass is 9.81. The van der Waals surface area contributed by atoms with Crippen LogP contribution in [0.15, 0.2) is 61.2 Å². The highest BCUT2D eigenvalue weighted by atomic mass is 14.8. The van der Waals surface area contributed by atoms with Crippen LogP contribution in [0, 0.1) is 18.8 Å². The number of aryl methyl sites for hydroxylation is 1. The molecule has 1 nitrogen and oxygen atoms in total. The molecule has 0 bridgehead atoms. The van der Waals surface area contributed by atoms with Crippen LogP contribution in [0.4, 0.5) is 0 Å². The summed E-state index contributed by atoms with van der Waals surface area (Å²) in [5.41, 5.74) is 5.68. The van der Waals surface area contributed by atoms with Gasteiger partial charge in [0.15, 0.2) is 0 Å². The standard InChI is InChI=1S/C26H39N/c1-7-10-18-25(21(4)8-2)24(17-13-20-27-6)16-12-19-26-22(5)14-11-15-23(26)9-3/h7,9-11,14-15,17-18,21,25,27H,1,3,8,12-13,16,19-20H2,2,4-6H3/b18-10?,24-17-. The highest BCUT2D eigenvalue weighted by Gasteiger charge is 2.17. The Hall–Kier alpha value is -1.86. The molecule has 0 saturated heterocycles. The minimum Gasteiger partial charge on any atom is -0.319 e. The van der Waals surface area contributed by atoms with E-state index in [0.717, 1.165) is 25.8 Å². The predicted octanol–water partition coefficient (Wildman–Crippen LogP) is 6.90. The van der Waals surface area contributed by atoms with E-state index in [1.54, 1.807) is 5.57 Å². The van der Waals surface area contributed by atoms with E-state index in [4.69, 9.17) is 0 Å². The monoisotopic (exact) mass is 365 g/mol. The van der Waals surface area contributed by atoms with Gasteiger partial charge >= 0.3 is 0 Å². The Morgan fingerprint density at radius 1 is 1.26 bits per heavy atom. The summed E-state index contributed by atoms with van der Waals surface area (Å²) in [5.74, 6) is 1.14. The molecule has 0 radical (unpaired) electrons. The molecule has 0 aliphatic carbocycles. The molecule has 0 spiro atoms. The van der Waals surface area contributed by atoms with Crippen LogP contribution < -0.4 is 5.32 Å². The fraction of sp³-hybridized carbons (Fsp3) is 0.462. The van der Waals surface area contributed by atoms with Crippen LogP contribution in [0.1, 0.15) is 56.2 Å². The van der Waals surface area contributed by atoms with Gasteiger partial charge < -0.3 is 5.32 Å². The molecule has 2 unspecified atom stereocenters. The van der Waals surface area contributed by atoms with Crippen LogP contribution in [0.3, 0.4) is 0 Å². The van der Waals surface area contributed by atoms with E-state index in [9.17, 15) is 0 Å². The number of nitrogens with one attached hydrogen (secondary N) is 1. The van der Waals surface area contributed by atoms with Crippen LogP contribution >= 0.6 is 0 Å². The molecule has 1 heteroatoms. The Morgan fingerprint density at radius 2 is 2.04 bits per heavy atom. The second kappa shape index (κ2) is 13.3. The van der Waals surface area contributed by atoms with Gasteiger partial charge in [-0.3, -0.25) is 0 Å². The lowest BCUT2D eigenvalue weighted by molar-refractivity contribution is 0.450. The molecule has 0 amide bonds. The molecule has 148 valence electrons. The van der Waals surface area contributed by atoms with Crippen molar-refractivity contribution in [3.63, 3.8) is 0 Å². The van der Waals surface area contributed by atoms with Crippen molar-refractivity contribution in [1.29, 1.82) is 0 Å². The van der Waals surface area contributed by atoms with Gasteiger partial charge in [0.2, 0.25) is 0 Å². The first-order chi connectivity index (χ1) is 13.1. The van der Waals surface area contributed by atoms with Crippen LogP contribution in [0.5, 0.6) is 0 Å². The van der Waals surface area contributed by atoms with E-state index in [1.807, 2.05) is 19.2 Å². The first-order valence-corrected chi connectivity index (χ1v) is 10.4. The summed E-state index contributed by atoms with van der Waals surface area (Å²) in [6, 6.07) is 6.51. The number of hydrogen-bond donors (Lipinski definition) is 1. The lowest BCUT2D eigenvalue weighted by Crippen LogP contribution is -2.13. The van der Waals surface area contributed by atoms with Crippen molar-refractivity contribution < 1.29 is 0 Å². The number of allylic oxidation sites excluding steroid dienone is 4. The predicted molar refractivity (Wildman–Crippen MR) is 123 cm³/mol. The van der Waals surface area contributed by atoms with Crippen LogP contribution in [0.2, 0.25) is 0 Å². The van der Waals surface area contributed by atoms with Crippen molar-refractivity contribution in [2.24, 2.45) is 11.8 Å². The van der Waals surface area contributed by atoms with E-state index in [1.165, 1.54) is 29.5 Å².